The molecule has 0 spiro atoms. The van der Waals surface area contributed by atoms with E-state index in [9.17, 15) is 25.0 Å². The highest BCUT2D eigenvalue weighted by molar-refractivity contribution is 6.29. The first-order chi connectivity index (χ1) is 9.88. The molecule has 1 amide bonds. The quantitative estimate of drug-likeness (QED) is 0.682. The third-order valence-corrected chi connectivity index (χ3v) is 2.64. The lowest BCUT2D eigenvalue weighted by Gasteiger charge is -2.04. The van der Waals surface area contributed by atoms with Crippen molar-refractivity contribution in [2.24, 2.45) is 0 Å². The summed E-state index contributed by atoms with van der Waals surface area (Å²) in [7, 11) is 0. The van der Waals surface area contributed by atoms with Crippen LogP contribution in [0, 0.1) is 20.2 Å². The molecule has 2 rings (SSSR count). The van der Waals surface area contributed by atoms with Gasteiger partial charge in [0, 0.05) is 6.07 Å². The number of non-ortho nitro benzene ring substituents is 1. The topological polar surface area (TPSA) is 129 Å². The number of furan rings is 1. The highest BCUT2D eigenvalue weighted by Crippen LogP contribution is 2.29. The maximum absolute atomic E-state index is 11.8. The van der Waals surface area contributed by atoms with E-state index in [1.165, 1.54) is 12.1 Å². The molecule has 2 aromatic rings. The van der Waals surface area contributed by atoms with E-state index < -0.39 is 27.1 Å². The second-order valence-electron chi connectivity index (χ2n) is 3.77. The van der Waals surface area contributed by atoms with Crippen LogP contribution in [0.4, 0.5) is 17.1 Å². The number of hydrogen-bond donors (Lipinski definition) is 1. The van der Waals surface area contributed by atoms with Gasteiger partial charge in [0.2, 0.25) is 0 Å². The van der Waals surface area contributed by atoms with Gasteiger partial charge >= 0.3 is 0 Å². The van der Waals surface area contributed by atoms with Crippen molar-refractivity contribution in [2.75, 3.05) is 5.32 Å². The summed E-state index contributed by atoms with van der Waals surface area (Å²) in [6.45, 7) is 0. The first kappa shape index (κ1) is 14.5. The van der Waals surface area contributed by atoms with Crippen LogP contribution >= 0.6 is 11.6 Å². The second kappa shape index (κ2) is 5.59. The molecular formula is C11H6ClN3O6. The molecule has 1 N–H and O–H groups in total. The molecule has 0 saturated carbocycles. The molecule has 0 saturated heterocycles. The number of carbonyl (C=O) groups is 1. The lowest BCUT2D eigenvalue weighted by Crippen LogP contribution is -2.12. The average molecular weight is 312 g/mol. The highest BCUT2D eigenvalue weighted by Gasteiger charge is 2.22. The molecule has 10 heteroatoms. The highest BCUT2D eigenvalue weighted by atomic mass is 35.5. The number of amides is 1. The number of nitrogens with zero attached hydrogens (tertiary/aromatic N) is 2. The van der Waals surface area contributed by atoms with Gasteiger partial charge in [-0.15, -0.1) is 0 Å². The molecule has 9 nitrogen and oxygen atoms in total. The zero-order valence-corrected chi connectivity index (χ0v) is 10.9. The fraction of sp³-hybridized carbons (Fsp3) is 0. The first-order valence-corrected chi connectivity index (χ1v) is 5.76. The standard InChI is InChI=1S/C11H6ClN3O6/c12-10-4-3-9(21-10)11(16)13-7-2-1-6(14(17)18)5-8(7)15(19)20/h1-5H,(H,13,16). The third-order valence-electron chi connectivity index (χ3n) is 2.43. The van der Waals surface area contributed by atoms with Crippen molar-refractivity contribution in [3.05, 3.63) is 61.5 Å². The van der Waals surface area contributed by atoms with Crippen molar-refractivity contribution in [1.29, 1.82) is 0 Å². The van der Waals surface area contributed by atoms with E-state index in [1.54, 1.807) is 0 Å². The van der Waals surface area contributed by atoms with Gasteiger partial charge in [0.15, 0.2) is 11.0 Å². The van der Waals surface area contributed by atoms with Gasteiger partial charge in [0.05, 0.1) is 15.9 Å². The fourth-order valence-electron chi connectivity index (χ4n) is 1.51. The third kappa shape index (κ3) is 3.15. The van der Waals surface area contributed by atoms with Crippen LogP contribution in [0.2, 0.25) is 5.22 Å². The number of nitro benzene ring substituents is 2. The predicted octanol–water partition coefficient (Wildman–Crippen LogP) is 3.00. The van der Waals surface area contributed by atoms with Gasteiger partial charge in [0.25, 0.3) is 17.3 Å². The number of halogens is 1. The molecule has 108 valence electrons. The van der Waals surface area contributed by atoms with Gasteiger partial charge in [0.1, 0.15) is 5.69 Å². The minimum Gasteiger partial charge on any atom is -0.440 e. The van der Waals surface area contributed by atoms with Crippen LogP contribution in [-0.4, -0.2) is 15.8 Å². The molecule has 0 aliphatic rings. The summed E-state index contributed by atoms with van der Waals surface area (Å²) in [5.74, 6) is -0.911. The van der Waals surface area contributed by atoms with Crippen LogP contribution in [0.1, 0.15) is 10.6 Å². The fourth-order valence-corrected chi connectivity index (χ4v) is 1.66. The average Bonchev–Trinajstić information content (AvgIpc) is 2.85. The predicted molar refractivity (Wildman–Crippen MR) is 71.4 cm³/mol. The molecule has 0 aliphatic carbocycles. The van der Waals surface area contributed by atoms with E-state index in [1.807, 2.05) is 0 Å². The molecule has 0 unspecified atom stereocenters. The van der Waals surface area contributed by atoms with Gasteiger partial charge in [-0.2, -0.15) is 0 Å². The maximum Gasteiger partial charge on any atom is 0.299 e. The minimum atomic E-state index is -0.836. The molecule has 21 heavy (non-hydrogen) atoms. The Morgan fingerprint density at radius 3 is 2.38 bits per heavy atom. The molecule has 0 aliphatic heterocycles. The largest absolute Gasteiger partial charge is 0.440 e. The van der Waals surface area contributed by atoms with Crippen molar-refractivity contribution in [2.45, 2.75) is 0 Å². The molecule has 1 aromatic carbocycles. The normalized spacial score (nSPS) is 10.1. The van der Waals surface area contributed by atoms with Gasteiger partial charge in [-0.3, -0.25) is 25.0 Å². The summed E-state index contributed by atoms with van der Waals surface area (Å²) in [6.07, 6.45) is 0. The Morgan fingerprint density at radius 2 is 1.86 bits per heavy atom. The maximum atomic E-state index is 11.8. The Kier molecular flexibility index (Phi) is 3.85. The Morgan fingerprint density at radius 1 is 1.14 bits per heavy atom. The van der Waals surface area contributed by atoms with Crippen LogP contribution in [0.5, 0.6) is 0 Å². The Balaban J connectivity index is 2.33. The van der Waals surface area contributed by atoms with Crippen molar-refractivity contribution >= 4 is 34.6 Å². The number of carbonyl (C=O) groups excluding carboxylic acids is 1. The number of nitrogens with one attached hydrogen (secondary N) is 1. The van der Waals surface area contributed by atoms with Crippen molar-refractivity contribution in [1.82, 2.24) is 0 Å². The van der Waals surface area contributed by atoms with Gasteiger partial charge in [-0.05, 0) is 29.8 Å². The van der Waals surface area contributed by atoms with Crippen molar-refractivity contribution in [3.63, 3.8) is 0 Å². The smallest absolute Gasteiger partial charge is 0.299 e. The summed E-state index contributed by atoms with van der Waals surface area (Å²) in [6, 6.07) is 5.48. The molecule has 0 bridgehead atoms. The molecular weight excluding hydrogens is 306 g/mol. The van der Waals surface area contributed by atoms with Gasteiger partial charge < -0.3 is 9.73 Å². The number of hydrogen-bond acceptors (Lipinski definition) is 6. The van der Waals surface area contributed by atoms with E-state index in [2.05, 4.69) is 5.32 Å². The molecule has 0 radical (unpaired) electrons. The van der Waals surface area contributed by atoms with E-state index in [-0.39, 0.29) is 16.7 Å². The van der Waals surface area contributed by atoms with E-state index >= 15 is 0 Å². The van der Waals surface area contributed by atoms with E-state index in [0.29, 0.717) is 0 Å². The zero-order valence-electron chi connectivity index (χ0n) is 10.1. The summed E-state index contributed by atoms with van der Waals surface area (Å²) < 4.78 is 4.86. The molecule has 0 fully saturated rings. The molecule has 1 aromatic heterocycles. The summed E-state index contributed by atoms with van der Waals surface area (Å²) in [4.78, 5) is 31.7. The Bertz CT molecular complexity index is 741. The molecule has 1 heterocycles. The minimum absolute atomic E-state index is 0.0154. The molecule has 0 atom stereocenters. The number of rotatable bonds is 4. The van der Waals surface area contributed by atoms with Crippen molar-refractivity contribution in [3.8, 4) is 0 Å². The van der Waals surface area contributed by atoms with Crippen molar-refractivity contribution < 1.29 is 19.1 Å². The lowest BCUT2D eigenvalue weighted by atomic mass is 10.2. The van der Waals surface area contributed by atoms with Gasteiger partial charge in [-0.1, -0.05) is 0 Å². The zero-order chi connectivity index (χ0) is 15.6. The van der Waals surface area contributed by atoms with Crippen LogP contribution < -0.4 is 5.32 Å². The van der Waals surface area contributed by atoms with Crippen LogP contribution in [0.15, 0.2) is 34.7 Å². The second-order valence-corrected chi connectivity index (χ2v) is 4.15. The summed E-state index contributed by atoms with van der Waals surface area (Å²) in [5.41, 5.74) is -1.25. The van der Waals surface area contributed by atoms with Crippen LogP contribution in [-0.2, 0) is 0 Å². The van der Waals surface area contributed by atoms with E-state index in [0.717, 1.165) is 18.2 Å². The first-order valence-electron chi connectivity index (χ1n) is 5.38. The number of anilines is 1. The SMILES string of the molecule is O=C(Nc1ccc([N+](=O)[O-])cc1[N+](=O)[O-])c1ccc(Cl)o1. The number of nitro groups is 2. The van der Waals surface area contributed by atoms with Crippen LogP contribution in [0.3, 0.4) is 0 Å². The lowest BCUT2D eigenvalue weighted by molar-refractivity contribution is -0.393. The monoisotopic (exact) mass is 311 g/mol. The summed E-state index contributed by atoms with van der Waals surface area (Å²) in [5, 5.41) is 23.7. The van der Waals surface area contributed by atoms with Crippen LogP contribution in [0.25, 0.3) is 0 Å². The number of benzene rings is 1. The summed E-state index contributed by atoms with van der Waals surface area (Å²) >= 11 is 5.51. The Labute approximate surface area is 121 Å². The van der Waals surface area contributed by atoms with Gasteiger partial charge in [-0.25, -0.2) is 0 Å². The Hall–Kier alpha value is -2.94. The van der Waals surface area contributed by atoms with E-state index in [4.69, 9.17) is 16.0 Å².